The zero-order valence-electron chi connectivity index (χ0n) is 8.87. The van der Waals surface area contributed by atoms with Crippen LogP contribution in [0.3, 0.4) is 0 Å². The molecule has 2 aromatic rings. The predicted molar refractivity (Wildman–Crippen MR) is 70.9 cm³/mol. The molecule has 0 radical (unpaired) electrons. The molecule has 0 spiro atoms. The molecule has 17 heavy (non-hydrogen) atoms. The van der Waals surface area contributed by atoms with Crippen molar-refractivity contribution in [2.75, 3.05) is 5.73 Å². The second-order valence-corrected chi connectivity index (χ2v) is 4.44. The minimum atomic E-state index is -0.397. The van der Waals surface area contributed by atoms with Gasteiger partial charge >= 0.3 is 0 Å². The van der Waals surface area contributed by atoms with E-state index in [0.717, 1.165) is 4.47 Å². The van der Waals surface area contributed by atoms with Gasteiger partial charge in [0.1, 0.15) is 5.82 Å². The minimum Gasteiger partial charge on any atom is -0.398 e. The second-order valence-electron chi connectivity index (χ2n) is 3.59. The van der Waals surface area contributed by atoms with Crippen LogP contribution in [0.2, 0.25) is 0 Å². The lowest BCUT2D eigenvalue weighted by molar-refractivity contribution is 0.628. The molecule has 0 aromatic heterocycles. The highest BCUT2D eigenvalue weighted by Gasteiger charge is 2.11. The molecule has 2 aromatic carbocycles. The molecule has 0 aliphatic rings. The van der Waals surface area contributed by atoms with E-state index in [0.29, 0.717) is 16.8 Å². The first-order valence-corrected chi connectivity index (χ1v) is 5.78. The zero-order valence-corrected chi connectivity index (χ0v) is 10.5. The van der Waals surface area contributed by atoms with Gasteiger partial charge in [-0.15, -0.1) is 0 Å². The molecule has 0 heterocycles. The number of nitrogen functional groups attached to an aromatic ring is 1. The standard InChI is InChI=1S/C13H10BrFN2/c14-11-4-2-1-3-9(11)13(17)10-7-8(15)5-6-12(10)16/h1-7,17H,16H2. The van der Waals surface area contributed by atoms with Crippen molar-refractivity contribution in [1.82, 2.24) is 0 Å². The monoisotopic (exact) mass is 292 g/mol. The maximum atomic E-state index is 13.2. The van der Waals surface area contributed by atoms with Crippen LogP contribution in [-0.2, 0) is 0 Å². The van der Waals surface area contributed by atoms with Crippen molar-refractivity contribution in [3.05, 3.63) is 63.9 Å². The van der Waals surface area contributed by atoms with Gasteiger partial charge in [0, 0.05) is 21.3 Å². The number of nitrogens with one attached hydrogen (secondary N) is 1. The van der Waals surface area contributed by atoms with Gasteiger partial charge in [-0.3, -0.25) is 5.41 Å². The lowest BCUT2D eigenvalue weighted by Crippen LogP contribution is -2.06. The molecular formula is C13H10BrFN2. The van der Waals surface area contributed by atoms with E-state index < -0.39 is 5.82 Å². The molecule has 0 fully saturated rings. The summed E-state index contributed by atoms with van der Waals surface area (Å²) in [5.74, 6) is -0.397. The molecule has 0 atom stereocenters. The van der Waals surface area contributed by atoms with Gasteiger partial charge in [0.15, 0.2) is 0 Å². The van der Waals surface area contributed by atoms with Crippen molar-refractivity contribution in [1.29, 1.82) is 5.41 Å². The van der Waals surface area contributed by atoms with E-state index in [4.69, 9.17) is 11.1 Å². The summed E-state index contributed by atoms with van der Waals surface area (Å²) in [4.78, 5) is 0. The molecule has 2 rings (SSSR count). The molecule has 0 saturated heterocycles. The van der Waals surface area contributed by atoms with Gasteiger partial charge in [-0.25, -0.2) is 4.39 Å². The van der Waals surface area contributed by atoms with E-state index in [9.17, 15) is 4.39 Å². The van der Waals surface area contributed by atoms with E-state index in [-0.39, 0.29) is 5.71 Å². The summed E-state index contributed by atoms with van der Waals surface area (Å²) < 4.78 is 13.9. The number of benzene rings is 2. The van der Waals surface area contributed by atoms with Crippen molar-refractivity contribution in [2.45, 2.75) is 0 Å². The average Bonchev–Trinajstić information content (AvgIpc) is 2.32. The van der Waals surface area contributed by atoms with Gasteiger partial charge in [-0.1, -0.05) is 34.1 Å². The molecule has 0 amide bonds. The highest BCUT2D eigenvalue weighted by Crippen LogP contribution is 2.23. The van der Waals surface area contributed by atoms with E-state index in [1.54, 1.807) is 6.07 Å². The number of hydrogen-bond donors (Lipinski definition) is 2. The second kappa shape index (κ2) is 4.67. The maximum Gasteiger partial charge on any atom is 0.124 e. The molecule has 0 unspecified atom stereocenters. The quantitative estimate of drug-likeness (QED) is 0.645. The van der Waals surface area contributed by atoms with Crippen LogP contribution >= 0.6 is 15.9 Å². The smallest absolute Gasteiger partial charge is 0.124 e. The maximum absolute atomic E-state index is 13.2. The van der Waals surface area contributed by atoms with Crippen LogP contribution in [0.1, 0.15) is 11.1 Å². The largest absolute Gasteiger partial charge is 0.398 e. The molecule has 4 heteroatoms. The van der Waals surface area contributed by atoms with E-state index in [1.165, 1.54) is 18.2 Å². The van der Waals surface area contributed by atoms with Crippen LogP contribution in [0, 0.1) is 11.2 Å². The van der Waals surface area contributed by atoms with Crippen molar-refractivity contribution < 1.29 is 4.39 Å². The lowest BCUT2D eigenvalue weighted by Gasteiger charge is -2.09. The van der Waals surface area contributed by atoms with Crippen LogP contribution in [0.15, 0.2) is 46.9 Å². The Morgan fingerprint density at radius 1 is 1.12 bits per heavy atom. The summed E-state index contributed by atoms with van der Waals surface area (Å²) in [6, 6.07) is 11.3. The third-order valence-corrected chi connectivity index (χ3v) is 3.12. The molecule has 0 aliphatic carbocycles. The van der Waals surface area contributed by atoms with Crippen LogP contribution in [0.5, 0.6) is 0 Å². The number of anilines is 1. The fourth-order valence-electron chi connectivity index (χ4n) is 1.55. The van der Waals surface area contributed by atoms with E-state index in [2.05, 4.69) is 15.9 Å². The molecule has 0 aliphatic heterocycles. The number of nitrogens with two attached hydrogens (primary N) is 1. The summed E-state index contributed by atoms with van der Waals surface area (Å²) in [5, 5.41) is 8.07. The van der Waals surface area contributed by atoms with Crippen molar-refractivity contribution >= 4 is 27.3 Å². The third-order valence-electron chi connectivity index (χ3n) is 2.43. The Morgan fingerprint density at radius 3 is 2.53 bits per heavy atom. The Morgan fingerprint density at radius 2 is 1.82 bits per heavy atom. The highest BCUT2D eigenvalue weighted by atomic mass is 79.9. The Kier molecular flexibility index (Phi) is 3.24. The first kappa shape index (κ1) is 11.8. The molecule has 3 N–H and O–H groups in total. The number of halogens is 2. The van der Waals surface area contributed by atoms with Crippen LogP contribution in [0.25, 0.3) is 0 Å². The van der Waals surface area contributed by atoms with Gasteiger partial charge in [-0.2, -0.15) is 0 Å². The van der Waals surface area contributed by atoms with Crippen molar-refractivity contribution in [3.8, 4) is 0 Å². The molecule has 2 nitrogen and oxygen atoms in total. The Bertz CT molecular complexity index is 581. The summed E-state index contributed by atoms with van der Waals surface area (Å²) in [7, 11) is 0. The highest BCUT2D eigenvalue weighted by molar-refractivity contribution is 9.10. The number of rotatable bonds is 2. The van der Waals surface area contributed by atoms with Gasteiger partial charge < -0.3 is 5.73 Å². The summed E-state index contributed by atoms with van der Waals surface area (Å²) in [6.45, 7) is 0. The minimum absolute atomic E-state index is 0.203. The van der Waals surface area contributed by atoms with Gasteiger partial charge in [0.25, 0.3) is 0 Å². The molecule has 86 valence electrons. The fourth-order valence-corrected chi connectivity index (χ4v) is 2.04. The normalized spacial score (nSPS) is 10.2. The van der Waals surface area contributed by atoms with Crippen LogP contribution in [-0.4, -0.2) is 5.71 Å². The SMILES string of the molecule is N=C(c1cc(F)ccc1N)c1ccccc1Br. The zero-order chi connectivity index (χ0) is 12.4. The summed E-state index contributed by atoms with van der Waals surface area (Å²) >= 11 is 3.36. The van der Waals surface area contributed by atoms with Gasteiger partial charge in [-0.05, 0) is 24.3 Å². The van der Waals surface area contributed by atoms with Gasteiger partial charge in [0.2, 0.25) is 0 Å². The lowest BCUT2D eigenvalue weighted by atomic mass is 10.0. The molecule has 0 saturated carbocycles. The average molecular weight is 293 g/mol. The van der Waals surface area contributed by atoms with Crippen molar-refractivity contribution in [2.24, 2.45) is 0 Å². The topological polar surface area (TPSA) is 49.9 Å². The Labute approximate surface area is 107 Å². The third kappa shape index (κ3) is 2.36. The van der Waals surface area contributed by atoms with Crippen LogP contribution in [0.4, 0.5) is 10.1 Å². The summed E-state index contributed by atoms with van der Waals surface area (Å²) in [5.41, 5.74) is 7.44. The Balaban J connectivity index is 2.51. The first-order valence-electron chi connectivity index (χ1n) is 4.98. The van der Waals surface area contributed by atoms with E-state index in [1.807, 2.05) is 18.2 Å². The van der Waals surface area contributed by atoms with Gasteiger partial charge in [0.05, 0.1) is 5.71 Å². The first-order chi connectivity index (χ1) is 8.09. The fraction of sp³-hybridized carbons (Fsp3) is 0. The molecular weight excluding hydrogens is 283 g/mol. The van der Waals surface area contributed by atoms with E-state index >= 15 is 0 Å². The Hall–Kier alpha value is -1.68. The van der Waals surface area contributed by atoms with Crippen LogP contribution < -0.4 is 5.73 Å². The predicted octanol–water partition coefficient (Wildman–Crippen LogP) is 3.59. The van der Waals surface area contributed by atoms with Crippen molar-refractivity contribution in [3.63, 3.8) is 0 Å². The number of hydrogen-bond acceptors (Lipinski definition) is 2. The molecule has 0 bridgehead atoms. The summed E-state index contributed by atoms with van der Waals surface area (Å²) in [6.07, 6.45) is 0.